The maximum atomic E-state index is 12.2. The standard InChI is InChI=1S/C20H38O8/c1-2-3-4-5-6-7-8-9-10-11-12-13-16(23)20(28,19(26)27)18(25)17(24)15(22)14-21/h15,17-18,21-22,24-25,28H,2-14H2,1H3,(H,26,27)/t15-,17-,18+,20-/m1/s1. The number of carboxylic acids is 1. The Morgan fingerprint density at radius 1 is 0.821 bits per heavy atom. The minimum Gasteiger partial charge on any atom is -0.479 e. The summed E-state index contributed by atoms with van der Waals surface area (Å²) in [7, 11) is 0. The van der Waals surface area contributed by atoms with Gasteiger partial charge < -0.3 is 30.6 Å². The number of ketones is 1. The largest absolute Gasteiger partial charge is 0.479 e. The molecular weight excluding hydrogens is 368 g/mol. The van der Waals surface area contributed by atoms with E-state index < -0.39 is 42.3 Å². The molecule has 166 valence electrons. The summed E-state index contributed by atoms with van der Waals surface area (Å²) < 4.78 is 0. The predicted molar refractivity (Wildman–Crippen MR) is 104 cm³/mol. The number of hydrogen-bond donors (Lipinski definition) is 6. The molecule has 0 aliphatic rings. The van der Waals surface area contributed by atoms with Crippen molar-refractivity contribution in [1.29, 1.82) is 0 Å². The van der Waals surface area contributed by atoms with Gasteiger partial charge in [-0.3, -0.25) is 4.79 Å². The smallest absolute Gasteiger partial charge is 0.346 e. The number of aliphatic hydroxyl groups is 5. The Morgan fingerprint density at radius 2 is 1.25 bits per heavy atom. The van der Waals surface area contributed by atoms with Crippen LogP contribution in [0.15, 0.2) is 0 Å². The molecule has 0 saturated carbocycles. The summed E-state index contributed by atoms with van der Waals surface area (Å²) >= 11 is 0. The molecule has 0 saturated heterocycles. The van der Waals surface area contributed by atoms with Gasteiger partial charge >= 0.3 is 5.97 Å². The van der Waals surface area contributed by atoms with Crippen LogP contribution in [-0.4, -0.2) is 72.9 Å². The van der Waals surface area contributed by atoms with Gasteiger partial charge in [0.05, 0.1) is 6.61 Å². The fourth-order valence-corrected chi connectivity index (χ4v) is 3.12. The van der Waals surface area contributed by atoms with E-state index in [4.69, 9.17) is 10.2 Å². The average Bonchev–Trinajstić information content (AvgIpc) is 2.69. The minimum absolute atomic E-state index is 0.265. The van der Waals surface area contributed by atoms with Gasteiger partial charge in [-0.05, 0) is 6.42 Å². The SMILES string of the molecule is CCCCCCCCCCCCCC(=O)[C@](O)(C(=O)O)[C@@H](O)[C@H](O)[C@H](O)CO. The first kappa shape index (κ1) is 26.9. The third-order valence-corrected chi connectivity index (χ3v) is 5.09. The molecule has 0 bridgehead atoms. The third kappa shape index (κ3) is 8.96. The van der Waals surface area contributed by atoms with Gasteiger partial charge in [-0.25, -0.2) is 4.79 Å². The molecule has 0 aromatic heterocycles. The van der Waals surface area contributed by atoms with Gasteiger partial charge in [0.25, 0.3) is 0 Å². The van der Waals surface area contributed by atoms with E-state index >= 15 is 0 Å². The molecule has 4 atom stereocenters. The summed E-state index contributed by atoms with van der Waals surface area (Å²) in [5.74, 6) is -3.13. The van der Waals surface area contributed by atoms with E-state index in [-0.39, 0.29) is 6.42 Å². The molecule has 0 fully saturated rings. The quantitative estimate of drug-likeness (QED) is 0.146. The molecule has 0 unspecified atom stereocenters. The van der Waals surface area contributed by atoms with Crippen LogP contribution in [0.2, 0.25) is 0 Å². The third-order valence-electron chi connectivity index (χ3n) is 5.09. The van der Waals surface area contributed by atoms with Crippen molar-refractivity contribution in [2.75, 3.05) is 6.61 Å². The zero-order chi connectivity index (χ0) is 21.6. The lowest BCUT2D eigenvalue weighted by molar-refractivity contribution is -0.193. The molecule has 6 N–H and O–H groups in total. The molecule has 8 heteroatoms. The normalized spacial score (nSPS) is 16.9. The number of Topliss-reactive ketones (excluding diaryl/α,β-unsaturated/α-hetero) is 1. The minimum atomic E-state index is -3.23. The van der Waals surface area contributed by atoms with Crippen LogP contribution in [0.1, 0.15) is 84.0 Å². The molecule has 0 aliphatic carbocycles. The van der Waals surface area contributed by atoms with Crippen molar-refractivity contribution in [2.24, 2.45) is 0 Å². The zero-order valence-corrected chi connectivity index (χ0v) is 16.9. The zero-order valence-electron chi connectivity index (χ0n) is 16.9. The van der Waals surface area contributed by atoms with Gasteiger partial charge in [0.1, 0.15) is 18.3 Å². The fourth-order valence-electron chi connectivity index (χ4n) is 3.12. The van der Waals surface area contributed by atoms with Crippen LogP contribution < -0.4 is 0 Å². The topological polar surface area (TPSA) is 156 Å². The van der Waals surface area contributed by atoms with Crippen molar-refractivity contribution >= 4 is 11.8 Å². The van der Waals surface area contributed by atoms with Gasteiger partial charge in [-0.2, -0.15) is 0 Å². The Labute approximate surface area is 167 Å². The van der Waals surface area contributed by atoms with Crippen LogP contribution in [0, 0.1) is 0 Å². The number of carbonyl (C=O) groups excluding carboxylic acids is 1. The van der Waals surface area contributed by atoms with Crippen molar-refractivity contribution in [2.45, 2.75) is 108 Å². The summed E-state index contributed by atoms with van der Waals surface area (Å²) in [6.07, 6.45) is 4.76. The Morgan fingerprint density at radius 3 is 1.64 bits per heavy atom. The molecule has 28 heavy (non-hydrogen) atoms. The second kappa shape index (κ2) is 14.9. The highest BCUT2D eigenvalue weighted by atomic mass is 16.4. The van der Waals surface area contributed by atoms with Crippen molar-refractivity contribution < 1.29 is 40.2 Å². The summed E-state index contributed by atoms with van der Waals surface area (Å²) in [5, 5.41) is 56.9. The molecule has 0 aromatic carbocycles. The Hall–Kier alpha value is -1.06. The summed E-state index contributed by atoms with van der Waals surface area (Å²) in [4.78, 5) is 23.5. The molecule has 0 aliphatic heterocycles. The van der Waals surface area contributed by atoms with Crippen LogP contribution in [0.5, 0.6) is 0 Å². The number of hydrogen-bond acceptors (Lipinski definition) is 7. The van der Waals surface area contributed by atoms with Crippen molar-refractivity contribution in [3.63, 3.8) is 0 Å². The lowest BCUT2D eigenvalue weighted by Gasteiger charge is -2.32. The van der Waals surface area contributed by atoms with E-state index in [0.717, 1.165) is 19.3 Å². The van der Waals surface area contributed by atoms with E-state index in [1.165, 1.54) is 38.5 Å². The van der Waals surface area contributed by atoms with Crippen LogP contribution in [0.3, 0.4) is 0 Å². The molecule has 0 aromatic rings. The molecule has 8 nitrogen and oxygen atoms in total. The molecule has 0 radical (unpaired) electrons. The van der Waals surface area contributed by atoms with Crippen LogP contribution in [0.4, 0.5) is 0 Å². The van der Waals surface area contributed by atoms with Gasteiger partial charge in [0.2, 0.25) is 5.60 Å². The highest BCUT2D eigenvalue weighted by molar-refractivity contribution is 6.07. The maximum Gasteiger partial charge on any atom is 0.346 e. The van der Waals surface area contributed by atoms with E-state index in [1.54, 1.807) is 0 Å². The first-order chi connectivity index (χ1) is 13.2. The Bertz CT molecular complexity index is 442. The molecule has 0 rings (SSSR count). The van der Waals surface area contributed by atoms with Gasteiger partial charge in [0.15, 0.2) is 5.78 Å². The van der Waals surface area contributed by atoms with Crippen molar-refractivity contribution in [3.05, 3.63) is 0 Å². The fraction of sp³-hybridized carbons (Fsp3) is 0.900. The number of carboxylic acid groups (broad SMARTS) is 1. The van der Waals surface area contributed by atoms with Gasteiger partial charge in [-0.1, -0.05) is 71.1 Å². The van der Waals surface area contributed by atoms with E-state index in [1.807, 2.05) is 0 Å². The van der Waals surface area contributed by atoms with E-state index in [0.29, 0.717) is 12.8 Å². The van der Waals surface area contributed by atoms with Crippen molar-refractivity contribution in [1.82, 2.24) is 0 Å². The number of aliphatic hydroxyl groups excluding tert-OH is 4. The van der Waals surface area contributed by atoms with Gasteiger partial charge in [0, 0.05) is 6.42 Å². The number of rotatable bonds is 18. The second-order valence-corrected chi connectivity index (χ2v) is 7.47. The number of aliphatic carboxylic acids is 1. The molecule has 0 amide bonds. The molecular formula is C20H38O8. The summed E-state index contributed by atoms with van der Waals surface area (Å²) in [6, 6.07) is 0. The lowest BCUT2D eigenvalue weighted by atomic mass is 9.84. The lowest BCUT2D eigenvalue weighted by Crippen LogP contribution is -2.62. The average molecular weight is 407 g/mol. The highest BCUT2D eigenvalue weighted by Gasteiger charge is 2.53. The second-order valence-electron chi connectivity index (χ2n) is 7.47. The maximum absolute atomic E-state index is 12.2. The van der Waals surface area contributed by atoms with Crippen LogP contribution in [-0.2, 0) is 9.59 Å². The van der Waals surface area contributed by atoms with Crippen LogP contribution in [0.25, 0.3) is 0 Å². The van der Waals surface area contributed by atoms with E-state index in [2.05, 4.69) is 6.92 Å². The number of unbranched alkanes of at least 4 members (excludes halogenated alkanes) is 10. The predicted octanol–water partition coefficient (Wildman–Crippen LogP) is 1.15. The summed E-state index contributed by atoms with van der Waals surface area (Å²) in [6.45, 7) is 1.23. The van der Waals surface area contributed by atoms with Crippen LogP contribution >= 0.6 is 0 Å². The van der Waals surface area contributed by atoms with E-state index in [9.17, 15) is 30.0 Å². The Kier molecular flexibility index (Phi) is 14.3. The summed E-state index contributed by atoms with van der Waals surface area (Å²) in [5.41, 5.74) is -3.23. The molecule has 0 spiro atoms. The van der Waals surface area contributed by atoms with Crippen molar-refractivity contribution in [3.8, 4) is 0 Å². The monoisotopic (exact) mass is 406 g/mol. The first-order valence-electron chi connectivity index (χ1n) is 10.4. The number of carbonyl (C=O) groups is 2. The molecule has 0 heterocycles. The van der Waals surface area contributed by atoms with Gasteiger partial charge in [-0.15, -0.1) is 0 Å². The first-order valence-corrected chi connectivity index (χ1v) is 10.4. The Balaban J connectivity index is 4.23. The highest BCUT2D eigenvalue weighted by Crippen LogP contribution is 2.22.